The summed E-state index contributed by atoms with van der Waals surface area (Å²) >= 11 is 0. The maximum absolute atomic E-state index is 12.0. The van der Waals surface area contributed by atoms with Crippen molar-refractivity contribution in [3.05, 3.63) is 66.2 Å². The number of nitrogens with one attached hydrogen (secondary N) is 2. The number of benzene rings is 2. The van der Waals surface area contributed by atoms with Crippen molar-refractivity contribution < 1.29 is 4.79 Å². The number of urea groups is 1. The Hall–Kier alpha value is -2.33. The Morgan fingerprint density at radius 1 is 1.05 bits per heavy atom. The van der Waals surface area contributed by atoms with E-state index in [-0.39, 0.29) is 12.1 Å². The number of nitrogens with zero attached hydrogens (tertiary/aromatic N) is 1. The van der Waals surface area contributed by atoms with Gasteiger partial charge in [0.05, 0.1) is 0 Å². The molecule has 114 valence electrons. The fourth-order valence-corrected chi connectivity index (χ4v) is 2.81. The van der Waals surface area contributed by atoms with Gasteiger partial charge in [-0.25, -0.2) is 4.79 Å². The molecule has 0 aliphatic carbocycles. The Morgan fingerprint density at radius 2 is 1.73 bits per heavy atom. The van der Waals surface area contributed by atoms with Gasteiger partial charge in [-0.05, 0) is 24.1 Å². The van der Waals surface area contributed by atoms with E-state index in [0.29, 0.717) is 0 Å². The molecule has 4 heteroatoms. The van der Waals surface area contributed by atoms with Crippen LogP contribution in [-0.2, 0) is 6.54 Å². The van der Waals surface area contributed by atoms with E-state index < -0.39 is 0 Å². The minimum absolute atomic E-state index is 0.127. The van der Waals surface area contributed by atoms with Crippen molar-refractivity contribution >= 4 is 11.7 Å². The topological polar surface area (TPSA) is 44.4 Å². The number of hydrogen-bond acceptors (Lipinski definition) is 2. The molecule has 0 aromatic heterocycles. The molecule has 0 spiro atoms. The van der Waals surface area contributed by atoms with Gasteiger partial charge in [0.25, 0.3) is 0 Å². The summed E-state index contributed by atoms with van der Waals surface area (Å²) in [5, 5.41) is 5.92. The molecule has 22 heavy (non-hydrogen) atoms. The Labute approximate surface area is 131 Å². The van der Waals surface area contributed by atoms with E-state index in [4.69, 9.17) is 0 Å². The smallest absolute Gasteiger partial charge is 0.319 e. The first-order chi connectivity index (χ1) is 10.8. The number of rotatable bonds is 4. The van der Waals surface area contributed by atoms with Crippen LogP contribution in [0.3, 0.4) is 0 Å². The lowest BCUT2D eigenvalue weighted by molar-refractivity contribution is 0.247. The van der Waals surface area contributed by atoms with Crippen LogP contribution >= 0.6 is 0 Å². The third kappa shape index (κ3) is 4.09. The monoisotopic (exact) mass is 295 g/mol. The van der Waals surface area contributed by atoms with E-state index in [9.17, 15) is 4.79 Å². The number of carbonyl (C=O) groups excluding carboxylic acids is 1. The average Bonchev–Trinajstić information content (AvgIpc) is 2.96. The van der Waals surface area contributed by atoms with Gasteiger partial charge in [-0.2, -0.15) is 0 Å². The van der Waals surface area contributed by atoms with Crippen molar-refractivity contribution in [3.8, 4) is 0 Å². The maximum atomic E-state index is 12.0. The first kappa shape index (κ1) is 14.6. The Kier molecular flexibility index (Phi) is 4.71. The molecule has 1 heterocycles. The fraction of sp³-hybridized carbons (Fsp3) is 0.278. The summed E-state index contributed by atoms with van der Waals surface area (Å²) in [6.07, 6.45) is 0.995. The molecule has 0 bridgehead atoms. The zero-order valence-electron chi connectivity index (χ0n) is 12.5. The van der Waals surface area contributed by atoms with Crippen LogP contribution in [0.1, 0.15) is 12.0 Å². The number of carbonyl (C=O) groups is 1. The van der Waals surface area contributed by atoms with Crippen molar-refractivity contribution in [1.82, 2.24) is 10.2 Å². The van der Waals surface area contributed by atoms with Crippen LogP contribution in [0.4, 0.5) is 10.5 Å². The molecule has 1 saturated heterocycles. The minimum atomic E-state index is -0.127. The molecule has 1 atom stereocenters. The summed E-state index contributed by atoms with van der Waals surface area (Å²) in [5.74, 6) is 0. The van der Waals surface area contributed by atoms with E-state index in [2.05, 4.69) is 39.8 Å². The quantitative estimate of drug-likeness (QED) is 0.910. The first-order valence-electron chi connectivity index (χ1n) is 7.68. The SMILES string of the molecule is O=C(Nc1ccccc1)N[C@@H]1CCN(Cc2ccccc2)C1. The normalized spacial score (nSPS) is 18.1. The molecular formula is C18H21N3O. The van der Waals surface area contributed by atoms with Crippen LogP contribution in [0.15, 0.2) is 60.7 Å². The lowest BCUT2D eigenvalue weighted by Crippen LogP contribution is -2.39. The van der Waals surface area contributed by atoms with Crippen LogP contribution < -0.4 is 10.6 Å². The zero-order valence-corrected chi connectivity index (χ0v) is 12.5. The summed E-state index contributed by atoms with van der Waals surface area (Å²) in [4.78, 5) is 14.4. The molecule has 1 aliphatic heterocycles. The van der Waals surface area contributed by atoms with Crippen molar-refractivity contribution in [2.45, 2.75) is 19.0 Å². The molecule has 0 unspecified atom stereocenters. The molecular weight excluding hydrogens is 274 g/mol. The highest BCUT2D eigenvalue weighted by Gasteiger charge is 2.23. The van der Waals surface area contributed by atoms with Gasteiger partial charge in [-0.1, -0.05) is 48.5 Å². The Balaban J connectivity index is 1.46. The third-order valence-electron chi connectivity index (χ3n) is 3.89. The van der Waals surface area contributed by atoms with Gasteiger partial charge in [0.15, 0.2) is 0 Å². The second kappa shape index (κ2) is 7.09. The minimum Gasteiger partial charge on any atom is -0.334 e. The van der Waals surface area contributed by atoms with E-state index >= 15 is 0 Å². The lowest BCUT2D eigenvalue weighted by Gasteiger charge is -2.17. The van der Waals surface area contributed by atoms with E-state index in [1.54, 1.807) is 0 Å². The molecule has 1 aliphatic rings. The van der Waals surface area contributed by atoms with Crippen LogP contribution in [0.25, 0.3) is 0 Å². The average molecular weight is 295 g/mol. The zero-order chi connectivity index (χ0) is 15.2. The number of anilines is 1. The molecule has 1 fully saturated rings. The Morgan fingerprint density at radius 3 is 2.45 bits per heavy atom. The molecule has 2 N–H and O–H groups in total. The summed E-state index contributed by atoms with van der Waals surface area (Å²) in [6, 6.07) is 20.1. The van der Waals surface area contributed by atoms with Gasteiger partial charge >= 0.3 is 6.03 Å². The van der Waals surface area contributed by atoms with Gasteiger partial charge < -0.3 is 10.6 Å². The van der Waals surface area contributed by atoms with E-state index in [1.165, 1.54) is 5.56 Å². The van der Waals surface area contributed by atoms with Gasteiger partial charge in [-0.3, -0.25) is 4.90 Å². The fourth-order valence-electron chi connectivity index (χ4n) is 2.81. The molecule has 0 radical (unpaired) electrons. The Bertz CT molecular complexity index is 600. The molecule has 2 aromatic carbocycles. The lowest BCUT2D eigenvalue weighted by atomic mass is 10.2. The van der Waals surface area contributed by atoms with Crippen molar-refractivity contribution in [2.24, 2.45) is 0 Å². The summed E-state index contributed by atoms with van der Waals surface area (Å²) in [5.41, 5.74) is 2.14. The second-order valence-electron chi connectivity index (χ2n) is 5.67. The van der Waals surface area contributed by atoms with Crippen LogP contribution in [0, 0.1) is 0 Å². The van der Waals surface area contributed by atoms with Gasteiger partial charge in [0, 0.05) is 31.4 Å². The molecule has 2 amide bonds. The number of amides is 2. The van der Waals surface area contributed by atoms with E-state index in [0.717, 1.165) is 31.7 Å². The van der Waals surface area contributed by atoms with E-state index in [1.807, 2.05) is 36.4 Å². The van der Waals surface area contributed by atoms with Crippen molar-refractivity contribution in [3.63, 3.8) is 0 Å². The highest BCUT2D eigenvalue weighted by molar-refractivity contribution is 5.89. The standard InChI is InChI=1S/C18H21N3O/c22-18(19-16-9-5-2-6-10-16)20-17-11-12-21(14-17)13-15-7-3-1-4-8-15/h1-10,17H,11-14H2,(H2,19,20,22)/t17-/m1/s1. The molecule has 0 saturated carbocycles. The van der Waals surface area contributed by atoms with Gasteiger partial charge in [0.2, 0.25) is 0 Å². The predicted molar refractivity (Wildman–Crippen MR) is 88.7 cm³/mol. The van der Waals surface area contributed by atoms with Crippen molar-refractivity contribution in [1.29, 1.82) is 0 Å². The molecule has 4 nitrogen and oxygen atoms in total. The summed E-state index contributed by atoms with van der Waals surface area (Å²) in [6.45, 7) is 2.86. The van der Waals surface area contributed by atoms with Gasteiger partial charge in [-0.15, -0.1) is 0 Å². The number of hydrogen-bond donors (Lipinski definition) is 2. The number of para-hydroxylation sites is 1. The van der Waals surface area contributed by atoms with Crippen LogP contribution in [0.2, 0.25) is 0 Å². The van der Waals surface area contributed by atoms with Crippen molar-refractivity contribution in [2.75, 3.05) is 18.4 Å². The summed E-state index contributed by atoms with van der Waals surface area (Å²) < 4.78 is 0. The predicted octanol–water partition coefficient (Wildman–Crippen LogP) is 3.08. The molecule has 2 aromatic rings. The van der Waals surface area contributed by atoms with Crippen LogP contribution in [-0.4, -0.2) is 30.1 Å². The maximum Gasteiger partial charge on any atom is 0.319 e. The number of likely N-dealkylation sites (tertiary alicyclic amines) is 1. The van der Waals surface area contributed by atoms with Crippen LogP contribution in [0.5, 0.6) is 0 Å². The second-order valence-corrected chi connectivity index (χ2v) is 5.67. The first-order valence-corrected chi connectivity index (χ1v) is 7.68. The highest BCUT2D eigenvalue weighted by atomic mass is 16.2. The summed E-state index contributed by atoms with van der Waals surface area (Å²) in [7, 11) is 0. The van der Waals surface area contributed by atoms with Gasteiger partial charge in [0.1, 0.15) is 0 Å². The third-order valence-corrected chi connectivity index (χ3v) is 3.89. The highest BCUT2D eigenvalue weighted by Crippen LogP contribution is 2.13. The largest absolute Gasteiger partial charge is 0.334 e. The molecule has 3 rings (SSSR count).